The maximum absolute atomic E-state index is 12.8. The van der Waals surface area contributed by atoms with Gasteiger partial charge in [-0.2, -0.15) is 0 Å². The Balaban J connectivity index is 1.46. The molecule has 8 heteroatoms. The third-order valence-corrected chi connectivity index (χ3v) is 6.54. The summed E-state index contributed by atoms with van der Waals surface area (Å²) < 4.78 is 6.01. The summed E-state index contributed by atoms with van der Waals surface area (Å²) in [5.41, 5.74) is 3.39. The van der Waals surface area contributed by atoms with Crippen molar-refractivity contribution in [3.8, 4) is 22.6 Å². The van der Waals surface area contributed by atoms with E-state index in [1.54, 1.807) is 17.2 Å². The molecule has 6 nitrogen and oxygen atoms in total. The molecule has 1 saturated heterocycles. The molecule has 1 N–H and O–H groups in total. The average molecular weight is 479 g/mol. The average Bonchev–Trinajstić information content (AvgIpc) is 3.43. The number of carbonyl (C=O) groups excluding carboxylic acids is 1. The van der Waals surface area contributed by atoms with Crippen molar-refractivity contribution in [1.29, 1.82) is 0 Å². The standard InChI is InChI=1S/C25H22N2O4S2/c28-23(29)12-2-1-3-13-27-24(30)22(33-25(27)32)16-19-9-5-10-20(26-19)17-7-4-8-18(15-17)21-11-6-14-31-21/h4-11,14-16H,1-3,12-13H2,(H,28,29)/b22-16-. The fourth-order valence-corrected chi connectivity index (χ4v) is 4.81. The lowest BCUT2D eigenvalue weighted by Crippen LogP contribution is -2.29. The second kappa shape index (κ2) is 10.6. The second-order valence-electron chi connectivity index (χ2n) is 7.54. The number of pyridine rings is 1. The van der Waals surface area contributed by atoms with Crippen LogP contribution in [0.4, 0.5) is 0 Å². The van der Waals surface area contributed by atoms with Crippen LogP contribution in [0.3, 0.4) is 0 Å². The van der Waals surface area contributed by atoms with Gasteiger partial charge in [-0.05, 0) is 49.2 Å². The molecular formula is C25H22N2O4S2. The van der Waals surface area contributed by atoms with E-state index >= 15 is 0 Å². The number of thioether (sulfide) groups is 1. The Bertz CT molecular complexity index is 1200. The van der Waals surface area contributed by atoms with Crippen molar-refractivity contribution in [1.82, 2.24) is 9.88 Å². The second-order valence-corrected chi connectivity index (χ2v) is 9.22. The minimum absolute atomic E-state index is 0.129. The molecule has 3 aromatic rings. The molecule has 33 heavy (non-hydrogen) atoms. The number of aromatic nitrogens is 1. The number of hydrogen-bond acceptors (Lipinski definition) is 6. The van der Waals surface area contributed by atoms with Crippen molar-refractivity contribution < 1.29 is 19.1 Å². The molecule has 3 heterocycles. The van der Waals surface area contributed by atoms with Crippen LogP contribution in [0.15, 0.2) is 70.2 Å². The van der Waals surface area contributed by atoms with E-state index in [1.807, 2.05) is 54.6 Å². The van der Waals surface area contributed by atoms with E-state index in [2.05, 4.69) is 0 Å². The largest absolute Gasteiger partial charge is 0.481 e. The molecule has 0 unspecified atom stereocenters. The summed E-state index contributed by atoms with van der Waals surface area (Å²) in [6, 6.07) is 17.4. The summed E-state index contributed by atoms with van der Waals surface area (Å²) in [7, 11) is 0. The van der Waals surface area contributed by atoms with Gasteiger partial charge in [0, 0.05) is 24.1 Å². The number of carboxylic acid groups (broad SMARTS) is 1. The van der Waals surface area contributed by atoms with Crippen LogP contribution < -0.4 is 0 Å². The third-order valence-electron chi connectivity index (χ3n) is 5.16. The molecule has 2 aromatic heterocycles. The molecule has 0 radical (unpaired) electrons. The molecule has 0 atom stereocenters. The van der Waals surface area contributed by atoms with Crippen LogP contribution in [0.2, 0.25) is 0 Å². The van der Waals surface area contributed by atoms with E-state index in [1.165, 1.54) is 11.8 Å². The van der Waals surface area contributed by atoms with E-state index in [0.29, 0.717) is 34.3 Å². The maximum atomic E-state index is 12.8. The number of rotatable bonds is 9. The van der Waals surface area contributed by atoms with Crippen LogP contribution in [-0.4, -0.2) is 37.7 Å². The number of carbonyl (C=O) groups is 2. The molecule has 1 amide bonds. The van der Waals surface area contributed by atoms with Crippen molar-refractivity contribution in [3.05, 3.63) is 71.5 Å². The summed E-state index contributed by atoms with van der Waals surface area (Å²) in [4.78, 5) is 30.3. The summed E-state index contributed by atoms with van der Waals surface area (Å²) in [5, 5.41) is 8.73. The van der Waals surface area contributed by atoms with Gasteiger partial charge in [0.1, 0.15) is 10.1 Å². The Morgan fingerprint density at radius 3 is 2.70 bits per heavy atom. The SMILES string of the molecule is O=C(O)CCCCCN1C(=O)/C(=C/c2cccc(-c3cccc(-c4ccco4)c3)n2)SC1=S. The molecule has 0 saturated carbocycles. The fraction of sp³-hybridized carbons (Fsp3) is 0.200. The van der Waals surface area contributed by atoms with Gasteiger partial charge in [-0.25, -0.2) is 4.98 Å². The minimum Gasteiger partial charge on any atom is -0.481 e. The first-order valence-electron chi connectivity index (χ1n) is 10.6. The summed E-state index contributed by atoms with van der Waals surface area (Å²) in [5.74, 6) is -0.138. The molecule has 0 spiro atoms. The zero-order chi connectivity index (χ0) is 23.2. The first-order valence-corrected chi connectivity index (χ1v) is 11.8. The molecule has 1 aliphatic heterocycles. The molecule has 4 rings (SSSR count). The van der Waals surface area contributed by atoms with Gasteiger partial charge >= 0.3 is 5.97 Å². The quantitative estimate of drug-likeness (QED) is 0.234. The Morgan fingerprint density at radius 2 is 1.91 bits per heavy atom. The zero-order valence-corrected chi connectivity index (χ0v) is 19.4. The van der Waals surface area contributed by atoms with Crippen LogP contribution in [0, 0.1) is 0 Å². The van der Waals surface area contributed by atoms with Crippen LogP contribution in [0.1, 0.15) is 31.4 Å². The van der Waals surface area contributed by atoms with E-state index in [4.69, 9.17) is 26.7 Å². The highest BCUT2D eigenvalue weighted by molar-refractivity contribution is 8.26. The van der Waals surface area contributed by atoms with E-state index in [0.717, 1.165) is 29.0 Å². The Hall–Kier alpha value is -3.23. The highest BCUT2D eigenvalue weighted by atomic mass is 32.2. The van der Waals surface area contributed by atoms with Crippen molar-refractivity contribution in [2.75, 3.05) is 6.54 Å². The number of carboxylic acids is 1. The first kappa shape index (κ1) is 22.9. The van der Waals surface area contributed by atoms with Gasteiger partial charge in [-0.15, -0.1) is 0 Å². The lowest BCUT2D eigenvalue weighted by Gasteiger charge is -2.13. The number of thiocarbonyl (C=S) groups is 1. The molecule has 0 bridgehead atoms. The Kier molecular flexibility index (Phi) is 7.36. The predicted octanol–water partition coefficient (Wildman–Crippen LogP) is 5.85. The lowest BCUT2D eigenvalue weighted by molar-refractivity contribution is -0.137. The van der Waals surface area contributed by atoms with E-state index < -0.39 is 5.97 Å². The van der Waals surface area contributed by atoms with Crippen molar-refractivity contribution in [3.63, 3.8) is 0 Å². The van der Waals surface area contributed by atoms with Gasteiger partial charge in [0.25, 0.3) is 5.91 Å². The van der Waals surface area contributed by atoms with Crippen LogP contribution in [0.5, 0.6) is 0 Å². The molecule has 1 fully saturated rings. The summed E-state index contributed by atoms with van der Waals surface area (Å²) in [6.45, 7) is 0.495. The highest BCUT2D eigenvalue weighted by Gasteiger charge is 2.31. The van der Waals surface area contributed by atoms with Gasteiger partial charge < -0.3 is 9.52 Å². The number of aliphatic carboxylic acids is 1. The third kappa shape index (κ3) is 5.77. The van der Waals surface area contributed by atoms with Crippen LogP contribution in [-0.2, 0) is 9.59 Å². The number of furan rings is 1. The van der Waals surface area contributed by atoms with E-state index in [-0.39, 0.29) is 12.3 Å². The molecular weight excluding hydrogens is 456 g/mol. The zero-order valence-electron chi connectivity index (χ0n) is 17.8. The van der Waals surface area contributed by atoms with Crippen molar-refractivity contribution >= 4 is 46.3 Å². The van der Waals surface area contributed by atoms with Crippen LogP contribution in [0.25, 0.3) is 28.7 Å². The number of unbranched alkanes of at least 4 members (excludes halogenated alkanes) is 2. The topological polar surface area (TPSA) is 83.6 Å². The summed E-state index contributed by atoms with van der Waals surface area (Å²) in [6.07, 6.45) is 5.61. The monoisotopic (exact) mass is 478 g/mol. The first-order chi connectivity index (χ1) is 16.0. The predicted molar refractivity (Wildman–Crippen MR) is 133 cm³/mol. The van der Waals surface area contributed by atoms with Crippen LogP contribution >= 0.6 is 24.0 Å². The maximum Gasteiger partial charge on any atom is 0.303 e. The van der Waals surface area contributed by atoms with Gasteiger partial charge in [-0.3, -0.25) is 14.5 Å². The number of nitrogens with zero attached hydrogens (tertiary/aromatic N) is 2. The lowest BCUT2D eigenvalue weighted by atomic mass is 10.1. The molecule has 0 aliphatic carbocycles. The smallest absolute Gasteiger partial charge is 0.303 e. The van der Waals surface area contributed by atoms with Crippen molar-refractivity contribution in [2.45, 2.75) is 25.7 Å². The van der Waals surface area contributed by atoms with Gasteiger partial charge in [0.2, 0.25) is 0 Å². The Labute approximate surface area is 201 Å². The molecule has 1 aliphatic rings. The van der Waals surface area contributed by atoms with Gasteiger partial charge in [-0.1, -0.05) is 54.7 Å². The number of hydrogen-bond donors (Lipinski definition) is 1. The Morgan fingerprint density at radius 1 is 1.09 bits per heavy atom. The number of amides is 1. The van der Waals surface area contributed by atoms with Gasteiger partial charge in [0.05, 0.1) is 22.6 Å². The van der Waals surface area contributed by atoms with Gasteiger partial charge in [0.15, 0.2) is 0 Å². The minimum atomic E-state index is -0.800. The normalized spacial score (nSPS) is 14.9. The highest BCUT2D eigenvalue weighted by Crippen LogP contribution is 2.33. The van der Waals surface area contributed by atoms with E-state index in [9.17, 15) is 9.59 Å². The molecule has 168 valence electrons. The molecule has 1 aromatic carbocycles. The van der Waals surface area contributed by atoms with Crippen molar-refractivity contribution in [2.24, 2.45) is 0 Å². The fourth-order valence-electron chi connectivity index (χ4n) is 3.52. The number of benzene rings is 1. The summed E-state index contributed by atoms with van der Waals surface area (Å²) >= 11 is 6.66.